The molecule has 0 aliphatic carbocycles. The van der Waals surface area contributed by atoms with Crippen LogP contribution in [0.15, 0.2) is 12.1 Å². The van der Waals surface area contributed by atoms with Crippen LogP contribution in [0.4, 0.5) is 0 Å². The Labute approximate surface area is 122 Å². The number of methoxy groups -OCH3 is 2. The van der Waals surface area contributed by atoms with Crippen molar-refractivity contribution >= 4 is 0 Å². The summed E-state index contributed by atoms with van der Waals surface area (Å²) in [5.41, 5.74) is 2.55. The van der Waals surface area contributed by atoms with Gasteiger partial charge in [0.1, 0.15) is 0 Å². The Bertz CT molecular complexity index is 482. The monoisotopic (exact) mass is 277 g/mol. The summed E-state index contributed by atoms with van der Waals surface area (Å²) in [6.45, 7) is 9.98. The van der Waals surface area contributed by atoms with Crippen LogP contribution in [-0.4, -0.2) is 20.8 Å². The van der Waals surface area contributed by atoms with Crippen molar-refractivity contribution in [2.24, 2.45) is 0 Å². The summed E-state index contributed by atoms with van der Waals surface area (Å²) in [6.07, 6.45) is 2.32. The fraction of sp³-hybridized carbons (Fsp3) is 0.647. The first-order valence-electron chi connectivity index (χ1n) is 7.34. The van der Waals surface area contributed by atoms with Gasteiger partial charge < -0.3 is 14.8 Å². The van der Waals surface area contributed by atoms with Gasteiger partial charge in [-0.2, -0.15) is 0 Å². The molecule has 1 aliphatic heterocycles. The van der Waals surface area contributed by atoms with E-state index in [1.165, 1.54) is 17.5 Å². The highest BCUT2D eigenvalue weighted by Crippen LogP contribution is 2.44. The number of rotatable bonds is 3. The zero-order valence-corrected chi connectivity index (χ0v) is 13.6. The molecular weight excluding hydrogens is 250 g/mol. The van der Waals surface area contributed by atoms with Gasteiger partial charge in [0.15, 0.2) is 11.5 Å². The van der Waals surface area contributed by atoms with E-state index < -0.39 is 0 Å². The Morgan fingerprint density at radius 3 is 2.30 bits per heavy atom. The molecule has 1 fully saturated rings. The molecule has 3 nitrogen and oxygen atoms in total. The number of benzene rings is 1. The topological polar surface area (TPSA) is 30.5 Å². The number of ether oxygens (including phenoxy) is 2. The van der Waals surface area contributed by atoms with Crippen LogP contribution in [-0.2, 0) is 11.0 Å². The van der Waals surface area contributed by atoms with Crippen LogP contribution in [0.1, 0.15) is 51.7 Å². The molecule has 1 atom stereocenters. The summed E-state index contributed by atoms with van der Waals surface area (Å²) >= 11 is 0. The lowest BCUT2D eigenvalue weighted by molar-refractivity contribution is 0.332. The highest BCUT2D eigenvalue weighted by Gasteiger charge is 2.35. The fourth-order valence-corrected chi connectivity index (χ4v) is 2.93. The van der Waals surface area contributed by atoms with Crippen molar-refractivity contribution in [3.8, 4) is 11.5 Å². The molecule has 0 saturated carbocycles. The molecule has 3 heteroatoms. The largest absolute Gasteiger partial charge is 0.493 e. The molecule has 0 spiro atoms. The predicted molar refractivity (Wildman–Crippen MR) is 82.8 cm³/mol. The minimum absolute atomic E-state index is 0.0279. The molecule has 1 unspecified atom stereocenters. The second-order valence-corrected chi connectivity index (χ2v) is 6.87. The standard InChI is InChI=1S/C17H27NO2/c1-16(2,3)12-10-13(17(4)8-7-9-18-17)15(20-6)14(11-12)19-5/h10-11,18H,7-9H2,1-6H3. The highest BCUT2D eigenvalue weighted by atomic mass is 16.5. The molecule has 1 heterocycles. The summed E-state index contributed by atoms with van der Waals surface area (Å²) in [6, 6.07) is 4.38. The number of hydrogen-bond acceptors (Lipinski definition) is 3. The molecule has 0 radical (unpaired) electrons. The molecule has 0 aromatic heterocycles. The second-order valence-electron chi connectivity index (χ2n) is 6.87. The van der Waals surface area contributed by atoms with Gasteiger partial charge in [-0.1, -0.05) is 20.8 Å². The molecule has 0 bridgehead atoms. The van der Waals surface area contributed by atoms with Crippen LogP contribution < -0.4 is 14.8 Å². The summed E-state index contributed by atoms with van der Waals surface area (Å²) in [5, 5.41) is 3.62. The second kappa shape index (κ2) is 5.28. The smallest absolute Gasteiger partial charge is 0.165 e. The predicted octanol–water partition coefficient (Wildman–Crippen LogP) is 3.60. The Hall–Kier alpha value is -1.22. The summed E-state index contributed by atoms with van der Waals surface area (Å²) in [7, 11) is 3.43. The molecular formula is C17H27NO2. The van der Waals surface area contributed by atoms with Crippen molar-refractivity contribution in [1.82, 2.24) is 5.32 Å². The van der Waals surface area contributed by atoms with Crippen LogP contribution in [0.25, 0.3) is 0 Å². The zero-order valence-electron chi connectivity index (χ0n) is 13.6. The van der Waals surface area contributed by atoms with Gasteiger partial charge in [0.05, 0.1) is 14.2 Å². The Balaban J connectivity index is 2.63. The molecule has 0 amide bonds. The van der Waals surface area contributed by atoms with Gasteiger partial charge in [-0.05, 0) is 49.4 Å². The Kier molecular flexibility index (Phi) is 4.01. The van der Waals surface area contributed by atoms with Crippen LogP contribution in [0, 0.1) is 0 Å². The number of nitrogens with one attached hydrogen (secondary N) is 1. The quantitative estimate of drug-likeness (QED) is 0.915. The highest BCUT2D eigenvalue weighted by molar-refractivity contribution is 5.54. The zero-order chi connectivity index (χ0) is 15.0. The molecule has 1 saturated heterocycles. The normalized spacial score (nSPS) is 22.9. The van der Waals surface area contributed by atoms with E-state index in [-0.39, 0.29) is 11.0 Å². The van der Waals surface area contributed by atoms with Gasteiger partial charge in [-0.15, -0.1) is 0 Å². The Morgan fingerprint density at radius 2 is 1.85 bits per heavy atom. The van der Waals surface area contributed by atoms with E-state index in [0.29, 0.717) is 0 Å². The first-order valence-corrected chi connectivity index (χ1v) is 7.34. The molecule has 1 aromatic carbocycles. The third kappa shape index (κ3) is 2.64. The maximum absolute atomic E-state index is 5.65. The van der Waals surface area contributed by atoms with Crippen molar-refractivity contribution in [2.45, 2.75) is 51.5 Å². The van der Waals surface area contributed by atoms with Crippen molar-refractivity contribution < 1.29 is 9.47 Å². The van der Waals surface area contributed by atoms with Crippen LogP contribution in [0.5, 0.6) is 11.5 Å². The van der Waals surface area contributed by atoms with E-state index in [1.807, 2.05) is 0 Å². The first-order chi connectivity index (χ1) is 9.31. The molecule has 20 heavy (non-hydrogen) atoms. The van der Waals surface area contributed by atoms with Gasteiger partial charge >= 0.3 is 0 Å². The Morgan fingerprint density at radius 1 is 1.15 bits per heavy atom. The fourth-order valence-electron chi connectivity index (χ4n) is 2.93. The molecule has 1 aliphatic rings. The minimum atomic E-state index is -0.0279. The van der Waals surface area contributed by atoms with E-state index in [4.69, 9.17) is 9.47 Å². The van der Waals surface area contributed by atoms with Gasteiger partial charge in [0, 0.05) is 11.1 Å². The van der Waals surface area contributed by atoms with Crippen LogP contribution in [0.2, 0.25) is 0 Å². The maximum atomic E-state index is 5.65. The van der Waals surface area contributed by atoms with E-state index in [2.05, 4.69) is 45.1 Å². The van der Waals surface area contributed by atoms with Crippen molar-refractivity contribution in [3.63, 3.8) is 0 Å². The van der Waals surface area contributed by atoms with Crippen LogP contribution >= 0.6 is 0 Å². The first kappa shape index (κ1) is 15.2. The molecule has 1 aromatic rings. The third-order valence-corrected chi connectivity index (χ3v) is 4.31. The SMILES string of the molecule is COc1cc(C(C)(C)C)cc(C2(C)CCCN2)c1OC. The van der Waals surface area contributed by atoms with Crippen LogP contribution in [0.3, 0.4) is 0 Å². The molecule has 2 rings (SSSR count). The molecule has 1 N–H and O–H groups in total. The van der Waals surface area contributed by atoms with Gasteiger partial charge in [-0.3, -0.25) is 0 Å². The lowest BCUT2D eigenvalue weighted by atomic mass is 9.81. The summed E-state index contributed by atoms with van der Waals surface area (Å²) in [4.78, 5) is 0. The summed E-state index contributed by atoms with van der Waals surface area (Å²) < 4.78 is 11.2. The van der Waals surface area contributed by atoms with E-state index >= 15 is 0 Å². The minimum Gasteiger partial charge on any atom is -0.493 e. The maximum Gasteiger partial charge on any atom is 0.165 e. The van der Waals surface area contributed by atoms with Crippen molar-refractivity contribution in [2.75, 3.05) is 20.8 Å². The van der Waals surface area contributed by atoms with E-state index in [9.17, 15) is 0 Å². The molecule has 112 valence electrons. The van der Waals surface area contributed by atoms with Gasteiger partial charge in [0.25, 0.3) is 0 Å². The van der Waals surface area contributed by atoms with Crippen molar-refractivity contribution in [1.29, 1.82) is 0 Å². The average Bonchev–Trinajstić information content (AvgIpc) is 2.84. The lowest BCUT2D eigenvalue weighted by Gasteiger charge is -2.30. The lowest BCUT2D eigenvalue weighted by Crippen LogP contribution is -2.34. The van der Waals surface area contributed by atoms with Crippen molar-refractivity contribution in [3.05, 3.63) is 23.3 Å². The summed E-state index contributed by atoms with van der Waals surface area (Å²) in [5.74, 6) is 1.68. The van der Waals surface area contributed by atoms with E-state index in [1.54, 1.807) is 14.2 Å². The van der Waals surface area contributed by atoms with Gasteiger partial charge in [0.2, 0.25) is 0 Å². The third-order valence-electron chi connectivity index (χ3n) is 4.31. The van der Waals surface area contributed by atoms with Gasteiger partial charge in [-0.25, -0.2) is 0 Å². The number of hydrogen-bond donors (Lipinski definition) is 1. The van der Waals surface area contributed by atoms with E-state index in [0.717, 1.165) is 24.5 Å². The average molecular weight is 277 g/mol.